The van der Waals surface area contributed by atoms with Crippen LogP contribution in [0, 0.1) is 5.82 Å². The summed E-state index contributed by atoms with van der Waals surface area (Å²) in [5.41, 5.74) is 8.17. The molecule has 0 amide bonds. The molecule has 2 N–H and O–H groups in total. The molecule has 0 saturated heterocycles. The summed E-state index contributed by atoms with van der Waals surface area (Å²) < 4.78 is 18.9. The Morgan fingerprint density at radius 3 is 2.86 bits per heavy atom. The number of carbonyl (C=O) groups is 1. The van der Waals surface area contributed by atoms with Crippen molar-refractivity contribution in [1.29, 1.82) is 0 Å². The van der Waals surface area contributed by atoms with Gasteiger partial charge in [-0.05, 0) is 48.6 Å². The first-order valence-corrected chi connectivity index (χ1v) is 6.98. The van der Waals surface area contributed by atoms with Crippen molar-refractivity contribution in [3.05, 3.63) is 65.0 Å². The lowest BCUT2D eigenvalue weighted by Gasteiger charge is -2.25. The second-order valence-electron chi connectivity index (χ2n) is 5.26. The highest BCUT2D eigenvalue weighted by Crippen LogP contribution is 2.33. The number of carbonyl (C=O) groups excluding carboxylic acids is 1. The lowest BCUT2D eigenvalue weighted by molar-refractivity contribution is 0.0256. The smallest absolute Gasteiger partial charge is 0.338 e. The van der Waals surface area contributed by atoms with E-state index in [0.717, 1.165) is 30.9 Å². The molecule has 108 valence electrons. The predicted molar refractivity (Wildman–Crippen MR) is 78.3 cm³/mol. The Kier molecular flexibility index (Phi) is 3.60. The number of ether oxygens (including phenoxy) is 1. The Labute approximate surface area is 122 Å². The van der Waals surface area contributed by atoms with Crippen LogP contribution in [-0.2, 0) is 11.2 Å². The average Bonchev–Trinajstić information content (AvgIpc) is 2.46. The van der Waals surface area contributed by atoms with Gasteiger partial charge in [-0.2, -0.15) is 0 Å². The zero-order valence-electron chi connectivity index (χ0n) is 11.5. The quantitative estimate of drug-likeness (QED) is 0.677. The SMILES string of the molecule is Nc1cc(F)cc(C(=O)OC2CCCc3ccccc32)c1. The van der Waals surface area contributed by atoms with Gasteiger partial charge in [-0.25, -0.2) is 9.18 Å². The Hall–Kier alpha value is -2.36. The molecule has 0 aromatic heterocycles. The first-order valence-electron chi connectivity index (χ1n) is 6.98. The summed E-state index contributed by atoms with van der Waals surface area (Å²) in [6, 6.07) is 11.7. The highest BCUT2D eigenvalue weighted by molar-refractivity contribution is 5.90. The third-order valence-electron chi connectivity index (χ3n) is 3.72. The lowest BCUT2D eigenvalue weighted by atomic mass is 9.89. The number of aryl methyl sites for hydroxylation is 1. The van der Waals surface area contributed by atoms with Crippen molar-refractivity contribution in [2.24, 2.45) is 0 Å². The monoisotopic (exact) mass is 285 g/mol. The van der Waals surface area contributed by atoms with Gasteiger partial charge in [0.1, 0.15) is 11.9 Å². The molecule has 3 rings (SSSR count). The van der Waals surface area contributed by atoms with Crippen LogP contribution >= 0.6 is 0 Å². The number of hydrogen-bond acceptors (Lipinski definition) is 3. The number of anilines is 1. The summed E-state index contributed by atoms with van der Waals surface area (Å²) >= 11 is 0. The van der Waals surface area contributed by atoms with E-state index in [4.69, 9.17) is 10.5 Å². The molecule has 0 saturated carbocycles. The number of benzene rings is 2. The first kappa shape index (κ1) is 13.6. The summed E-state index contributed by atoms with van der Waals surface area (Å²) in [7, 11) is 0. The van der Waals surface area contributed by atoms with Crippen LogP contribution < -0.4 is 5.73 Å². The Morgan fingerprint density at radius 2 is 2.05 bits per heavy atom. The number of hydrogen-bond donors (Lipinski definition) is 1. The summed E-state index contributed by atoms with van der Waals surface area (Å²) in [6.07, 6.45) is 2.48. The molecule has 3 nitrogen and oxygen atoms in total. The first-order chi connectivity index (χ1) is 10.1. The van der Waals surface area contributed by atoms with E-state index in [1.165, 1.54) is 17.7 Å². The fourth-order valence-electron chi connectivity index (χ4n) is 2.76. The maximum absolute atomic E-state index is 13.3. The molecule has 0 aliphatic heterocycles. The molecular formula is C17H16FNO2. The predicted octanol–water partition coefficient (Wildman–Crippen LogP) is 3.64. The minimum Gasteiger partial charge on any atom is -0.454 e. The Bertz CT molecular complexity index is 664. The van der Waals surface area contributed by atoms with Gasteiger partial charge in [0.15, 0.2) is 0 Å². The van der Waals surface area contributed by atoms with E-state index in [0.29, 0.717) is 0 Å². The van der Waals surface area contributed by atoms with Crippen LogP contribution in [0.2, 0.25) is 0 Å². The largest absolute Gasteiger partial charge is 0.454 e. The number of nitrogens with two attached hydrogens (primary N) is 1. The minimum atomic E-state index is -0.539. The van der Waals surface area contributed by atoms with Gasteiger partial charge in [0.2, 0.25) is 0 Å². The van der Waals surface area contributed by atoms with Gasteiger partial charge >= 0.3 is 5.97 Å². The number of rotatable bonds is 2. The van der Waals surface area contributed by atoms with Crippen LogP contribution in [0.3, 0.4) is 0 Å². The molecule has 21 heavy (non-hydrogen) atoms. The summed E-state index contributed by atoms with van der Waals surface area (Å²) in [6.45, 7) is 0. The molecule has 2 aromatic carbocycles. The van der Waals surface area contributed by atoms with Crippen molar-refractivity contribution in [3.8, 4) is 0 Å². The molecule has 0 bridgehead atoms. The van der Waals surface area contributed by atoms with E-state index < -0.39 is 11.8 Å². The van der Waals surface area contributed by atoms with Gasteiger partial charge in [0.25, 0.3) is 0 Å². The van der Waals surface area contributed by atoms with Crippen LogP contribution in [0.15, 0.2) is 42.5 Å². The van der Waals surface area contributed by atoms with E-state index in [1.807, 2.05) is 18.2 Å². The van der Waals surface area contributed by atoms with Crippen LogP contribution in [0.25, 0.3) is 0 Å². The van der Waals surface area contributed by atoms with Crippen molar-refractivity contribution in [2.75, 3.05) is 5.73 Å². The van der Waals surface area contributed by atoms with Gasteiger partial charge < -0.3 is 10.5 Å². The minimum absolute atomic E-state index is 0.149. The van der Waals surface area contributed by atoms with Crippen molar-refractivity contribution in [2.45, 2.75) is 25.4 Å². The summed E-state index contributed by atoms with van der Waals surface area (Å²) in [5, 5.41) is 0. The fraction of sp³-hybridized carbons (Fsp3) is 0.235. The molecule has 0 fully saturated rings. The van der Waals surface area contributed by atoms with Gasteiger partial charge in [-0.15, -0.1) is 0 Å². The molecule has 2 aromatic rings. The van der Waals surface area contributed by atoms with Crippen LogP contribution in [0.4, 0.5) is 10.1 Å². The number of nitrogen functional groups attached to an aromatic ring is 1. The third-order valence-corrected chi connectivity index (χ3v) is 3.72. The molecule has 1 aliphatic rings. The van der Waals surface area contributed by atoms with Crippen molar-refractivity contribution in [3.63, 3.8) is 0 Å². The van der Waals surface area contributed by atoms with Crippen LogP contribution in [-0.4, -0.2) is 5.97 Å². The average molecular weight is 285 g/mol. The van der Waals surface area contributed by atoms with E-state index in [1.54, 1.807) is 0 Å². The van der Waals surface area contributed by atoms with Gasteiger partial charge in [0.05, 0.1) is 5.56 Å². The summed E-state index contributed by atoms with van der Waals surface area (Å²) in [4.78, 5) is 12.2. The molecule has 1 unspecified atom stereocenters. The number of esters is 1. The topological polar surface area (TPSA) is 52.3 Å². The van der Waals surface area contributed by atoms with Crippen molar-refractivity contribution < 1.29 is 13.9 Å². The Balaban J connectivity index is 1.82. The van der Waals surface area contributed by atoms with E-state index >= 15 is 0 Å². The number of fused-ring (bicyclic) bond motifs is 1. The highest BCUT2D eigenvalue weighted by Gasteiger charge is 2.24. The van der Waals surface area contributed by atoms with E-state index in [9.17, 15) is 9.18 Å². The maximum atomic E-state index is 13.3. The molecule has 0 spiro atoms. The molecule has 0 heterocycles. The fourth-order valence-corrected chi connectivity index (χ4v) is 2.76. The standard InChI is InChI=1S/C17H16FNO2/c18-13-8-12(9-14(19)10-13)17(20)21-16-7-3-5-11-4-1-2-6-15(11)16/h1-2,4,6,8-10,16H,3,5,7,19H2. The van der Waals surface area contributed by atoms with Crippen LogP contribution in [0.5, 0.6) is 0 Å². The van der Waals surface area contributed by atoms with E-state index in [-0.39, 0.29) is 17.4 Å². The second-order valence-corrected chi connectivity index (χ2v) is 5.26. The summed E-state index contributed by atoms with van der Waals surface area (Å²) in [5.74, 6) is -1.08. The zero-order chi connectivity index (χ0) is 14.8. The molecule has 1 aliphatic carbocycles. The van der Waals surface area contributed by atoms with Crippen LogP contribution in [0.1, 0.15) is 40.4 Å². The third kappa shape index (κ3) is 2.89. The maximum Gasteiger partial charge on any atom is 0.338 e. The number of halogens is 1. The molecule has 1 atom stereocenters. The highest BCUT2D eigenvalue weighted by atomic mass is 19.1. The van der Waals surface area contributed by atoms with Gasteiger partial charge in [-0.1, -0.05) is 24.3 Å². The van der Waals surface area contributed by atoms with Crippen molar-refractivity contribution in [1.82, 2.24) is 0 Å². The molecular weight excluding hydrogens is 269 g/mol. The van der Waals surface area contributed by atoms with Gasteiger partial charge in [-0.3, -0.25) is 0 Å². The Morgan fingerprint density at radius 1 is 1.24 bits per heavy atom. The normalized spacial score (nSPS) is 17.1. The zero-order valence-corrected chi connectivity index (χ0v) is 11.5. The molecule has 4 heteroatoms. The van der Waals surface area contributed by atoms with E-state index in [2.05, 4.69) is 6.07 Å². The lowest BCUT2D eigenvalue weighted by Crippen LogP contribution is -2.17. The second kappa shape index (κ2) is 5.56. The van der Waals surface area contributed by atoms with Gasteiger partial charge in [0, 0.05) is 5.69 Å². The molecule has 0 radical (unpaired) electrons. The van der Waals surface area contributed by atoms with Crippen molar-refractivity contribution >= 4 is 11.7 Å².